The fourth-order valence-electron chi connectivity index (χ4n) is 2.13. The molecule has 1 aromatic rings. The third-order valence-corrected chi connectivity index (χ3v) is 2.95. The smallest absolute Gasteiger partial charge is 0.315 e. The van der Waals surface area contributed by atoms with Gasteiger partial charge in [-0.2, -0.15) is 13.2 Å². The summed E-state index contributed by atoms with van der Waals surface area (Å²) in [6, 6.07) is 6.51. The molecule has 0 fully saturated rings. The van der Waals surface area contributed by atoms with Crippen molar-refractivity contribution in [2.24, 2.45) is 5.73 Å². The van der Waals surface area contributed by atoms with Gasteiger partial charge in [0.05, 0.1) is 0 Å². The van der Waals surface area contributed by atoms with E-state index in [1.165, 1.54) is 6.07 Å². The largest absolute Gasteiger partial charge is 0.452 e. The second-order valence-electron chi connectivity index (χ2n) is 3.96. The Balaban J connectivity index is 2.47. The summed E-state index contributed by atoms with van der Waals surface area (Å²) in [4.78, 5) is 11.3. The summed E-state index contributed by atoms with van der Waals surface area (Å²) in [7, 11) is 0. The molecule has 0 saturated carbocycles. The van der Waals surface area contributed by atoms with Gasteiger partial charge >= 0.3 is 6.18 Å². The fraction of sp³-hybridized carbons (Fsp3) is 0.364. The van der Waals surface area contributed by atoms with E-state index in [4.69, 9.17) is 5.73 Å². The molecule has 1 aliphatic carbocycles. The van der Waals surface area contributed by atoms with Crippen molar-refractivity contribution in [2.75, 3.05) is 0 Å². The lowest BCUT2D eigenvalue weighted by Gasteiger charge is -2.24. The molecule has 0 radical (unpaired) electrons. The predicted octanol–water partition coefficient (Wildman–Crippen LogP) is 1.92. The molecule has 2 nitrogen and oxygen atoms in total. The number of aryl methyl sites for hydroxylation is 1. The van der Waals surface area contributed by atoms with Crippen LogP contribution in [-0.2, 0) is 16.8 Å². The Kier molecular flexibility index (Phi) is 2.31. The van der Waals surface area contributed by atoms with Gasteiger partial charge in [0.2, 0.25) is 0 Å². The first-order valence-corrected chi connectivity index (χ1v) is 4.84. The van der Waals surface area contributed by atoms with Gasteiger partial charge in [-0.05, 0) is 24.0 Å². The molecular formula is C11H10F3NO. The zero-order valence-corrected chi connectivity index (χ0v) is 8.34. The molecule has 0 amide bonds. The third-order valence-electron chi connectivity index (χ3n) is 2.95. The SMILES string of the molecule is NC1(C(=O)C(F)(F)F)CCc2ccccc21. The maximum Gasteiger partial charge on any atom is 0.452 e. The average Bonchev–Trinajstić information content (AvgIpc) is 2.56. The minimum absolute atomic E-state index is 0.0185. The molecular weight excluding hydrogens is 219 g/mol. The lowest BCUT2D eigenvalue weighted by atomic mass is 9.88. The number of ketones is 1. The molecule has 16 heavy (non-hydrogen) atoms. The van der Waals surface area contributed by atoms with Crippen molar-refractivity contribution in [1.29, 1.82) is 0 Å². The number of carbonyl (C=O) groups is 1. The molecule has 1 atom stereocenters. The van der Waals surface area contributed by atoms with Crippen LogP contribution in [0.3, 0.4) is 0 Å². The van der Waals surface area contributed by atoms with Crippen LogP contribution in [0.25, 0.3) is 0 Å². The normalized spacial score (nSPS) is 24.2. The van der Waals surface area contributed by atoms with Gasteiger partial charge in [0.25, 0.3) is 5.78 Å². The second kappa shape index (κ2) is 3.31. The van der Waals surface area contributed by atoms with Crippen molar-refractivity contribution in [3.63, 3.8) is 0 Å². The van der Waals surface area contributed by atoms with Gasteiger partial charge < -0.3 is 5.73 Å². The van der Waals surface area contributed by atoms with E-state index >= 15 is 0 Å². The molecule has 86 valence electrons. The Morgan fingerprint density at radius 1 is 1.31 bits per heavy atom. The van der Waals surface area contributed by atoms with Crippen LogP contribution in [0.5, 0.6) is 0 Å². The van der Waals surface area contributed by atoms with Crippen LogP contribution in [0.15, 0.2) is 24.3 Å². The second-order valence-corrected chi connectivity index (χ2v) is 3.96. The van der Waals surface area contributed by atoms with Crippen LogP contribution >= 0.6 is 0 Å². The van der Waals surface area contributed by atoms with E-state index in [2.05, 4.69) is 0 Å². The predicted molar refractivity (Wildman–Crippen MR) is 51.7 cm³/mol. The first kappa shape index (κ1) is 11.1. The van der Waals surface area contributed by atoms with Crippen molar-refractivity contribution >= 4 is 5.78 Å². The van der Waals surface area contributed by atoms with Gasteiger partial charge in [0.1, 0.15) is 5.54 Å². The van der Waals surface area contributed by atoms with Crippen LogP contribution in [0.2, 0.25) is 0 Å². The van der Waals surface area contributed by atoms with E-state index in [9.17, 15) is 18.0 Å². The van der Waals surface area contributed by atoms with Gasteiger partial charge in [0, 0.05) is 0 Å². The molecule has 2 N–H and O–H groups in total. The van der Waals surface area contributed by atoms with Crippen molar-refractivity contribution in [3.8, 4) is 0 Å². The lowest BCUT2D eigenvalue weighted by molar-refractivity contribution is -0.177. The molecule has 0 saturated heterocycles. The van der Waals surface area contributed by atoms with Crippen LogP contribution in [0.1, 0.15) is 17.5 Å². The van der Waals surface area contributed by atoms with E-state index in [1.54, 1.807) is 18.2 Å². The number of rotatable bonds is 1. The Morgan fingerprint density at radius 3 is 2.56 bits per heavy atom. The molecule has 2 rings (SSSR count). The summed E-state index contributed by atoms with van der Waals surface area (Å²) in [6.45, 7) is 0. The number of hydrogen-bond acceptors (Lipinski definition) is 2. The van der Waals surface area contributed by atoms with Crippen LogP contribution in [-0.4, -0.2) is 12.0 Å². The average molecular weight is 229 g/mol. The Labute approximate surface area is 90.2 Å². The maximum atomic E-state index is 12.4. The summed E-state index contributed by atoms with van der Waals surface area (Å²) < 4.78 is 37.2. The quantitative estimate of drug-likeness (QED) is 0.799. The van der Waals surface area contributed by atoms with Crippen molar-refractivity contribution < 1.29 is 18.0 Å². The van der Waals surface area contributed by atoms with Crippen molar-refractivity contribution in [2.45, 2.75) is 24.6 Å². The van der Waals surface area contributed by atoms with E-state index < -0.39 is 17.5 Å². The number of nitrogens with two attached hydrogens (primary N) is 1. The standard InChI is InChI=1S/C11H10F3NO/c12-11(13,14)9(16)10(15)6-5-7-3-1-2-4-8(7)10/h1-4H,5-6,15H2. The zero-order chi connectivity index (χ0) is 12.0. The topological polar surface area (TPSA) is 43.1 Å². The molecule has 0 heterocycles. The highest BCUT2D eigenvalue weighted by Crippen LogP contribution is 2.39. The van der Waals surface area contributed by atoms with Crippen LogP contribution in [0, 0.1) is 0 Å². The molecule has 1 aromatic carbocycles. The number of carbonyl (C=O) groups excluding carboxylic acids is 1. The van der Waals surface area contributed by atoms with Gasteiger partial charge in [0.15, 0.2) is 0 Å². The number of halogens is 3. The number of benzene rings is 1. The fourth-order valence-corrected chi connectivity index (χ4v) is 2.13. The van der Waals surface area contributed by atoms with Crippen molar-refractivity contribution in [1.82, 2.24) is 0 Å². The summed E-state index contributed by atoms with van der Waals surface area (Å²) in [6.07, 6.45) is -4.45. The van der Waals surface area contributed by atoms with E-state index in [0.717, 1.165) is 5.56 Å². The molecule has 0 bridgehead atoms. The number of hydrogen-bond donors (Lipinski definition) is 1. The number of alkyl halides is 3. The maximum absolute atomic E-state index is 12.4. The molecule has 5 heteroatoms. The first-order chi connectivity index (χ1) is 7.36. The molecule has 0 aromatic heterocycles. The molecule has 1 unspecified atom stereocenters. The van der Waals surface area contributed by atoms with Crippen molar-refractivity contribution in [3.05, 3.63) is 35.4 Å². The van der Waals surface area contributed by atoms with E-state index in [0.29, 0.717) is 12.0 Å². The lowest BCUT2D eigenvalue weighted by Crippen LogP contribution is -2.49. The van der Waals surface area contributed by atoms with Gasteiger partial charge in [-0.25, -0.2) is 0 Å². The molecule has 0 spiro atoms. The number of fused-ring (bicyclic) bond motifs is 1. The Morgan fingerprint density at radius 2 is 1.94 bits per heavy atom. The highest BCUT2D eigenvalue weighted by molar-refractivity contribution is 5.94. The van der Waals surface area contributed by atoms with E-state index in [1.807, 2.05) is 0 Å². The summed E-state index contributed by atoms with van der Waals surface area (Å²) in [5, 5.41) is 0. The minimum atomic E-state index is -4.88. The van der Waals surface area contributed by atoms with Crippen LogP contribution in [0.4, 0.5) is 13.2 Å². The monoisotopic (exact) mass is 229 g/mol. The molecule has 0 aliphatic heterocycles. The summed E-state index contributed by atoms with van der Waals surface area (Å²) in [5.41, 5.74) is 4.76. The molecule has 1 aliphatic rings. The van der Waals surface area contributed by atoms with Gasteiger partial charge in [-0.1, -0.05) is 24.3 Å². The summed E-state index contributed by atoms with van der Waals surface area (Å²) in [5.74, 6) is -1.86. The zero-order valence-electron chi connectivity index (χ0n) is 8.34. The third kappa shape index (κ3) is 1.51. The van der Waals surface area contributed by atoms with E-state index in [-0.39, 0.29) is 6.42 Å². The highest BCUT2D eigenvalue weighted by Gasteiger charge is 2.53. The van der Waals surface area contributed by atoms with Gasteiger partial charge in [-0.15, -0.1) is 0 Å². The van der Waals surface area contributed by atoms with Crippen LogP contribution < -0.4 is 5.73 Å². The Bertz CT molecular complexity index is 441. The minimum Gasteiger partial charge on any atom is -0.315 e. The Hall–Kier alpha value is -1.36. The summed E-state index contributed by atoms with van der Waals surface area (Å²) >= 11 is 0. The first-order valence-electron chi connectivity index (χ1n) is 4.84. The number of Topliss-reactive ketones (excluding diaryl/α,β-unsaturated/α-hetero) is 1. The van der Waals surface area contributed by atoms with Gasteiger partial charge in [-0.3, -0.25) is 4.79 Å². The highest BCUT2D eigenvalue weighted by atomic mass is 19.4.